The molecular formula is C60H62N4+2. The van der Waals surface area contributed by atoms with E-state index in [9.17, 15) is 0 Å². The van der Waals surface area contributed by atoms with Crippen molar-refractivity contribution in [1.82, 2.24) is 9.13 Å². The lowest BCUT2D eigenvalue weighted by Crippen LogP contribution is -2.34. The van der Waals surface area contributed by atoms with Crippen LogP contribution in [-0.4, -0.2) is 9.13 Å². The zero-order valence-corrected chi connectivity index (χ0v) is 39.8. The second kappa shape index (κ2) is 16.7. The van der Waals surface area contributed by atoms with Crippen LogP contribution in [0.1, 0.15) is 84.0 Å². The fourth-order valence-electron chi connectivity index (χ4n) is 10.5. The van der Waals surface area contributed by atoms with Crippen molar-refractivity contribution in [3.05, 3.63) is 190 Å². The fraction of sp³-hybridized carbons (Fsp3) is 0.233. The lowest BCUT2D eigenvalue weighted by Gasteiger charge is -2.21. The summed E-state index contributed by atoms with van der Waals surface area (Å²) < 4.78 is 9.42. The monoisotopic (exact) mass is 838 g/mol. The van der Waals surface area contributed by atoms with Gasteiger partial charge in [0.05, 0.1) is 26.5 Å². The normalized spacial score (nSPS) is 11.7. The lowest BCUT2D eigenvalue weighted by atomic mass is 9.84. The van der Waals surface area contributed by atoms with Gasteiger partial charge in [-0.15, -0.1) is 0 Å². The molecule has 0 aliphatic rings. The molecule has 0 N–H and O–H groups in total. The summed E-state index contributed by atoms with van der Waals surface area (Å²) >= 11 is 0. The van der Waals surface area contributed by atoms with Crippen molar-refractivity contribution in [1.29, 1.82) is 0 Å². The topological polar surface area (TPSA) is 17.6 Å². The van der Waals surface area contributed by atoms with Gasteiger partial charge in [-0.1, -0.05) is 113 Å². The Morgan fingerprint density at radius 1 is 0.375 bits per heavy atom. The summed E-state index contributed by atoms with van der Waals surface area (Å²) in [5.41, 5.74) is 21.1. The minimum Gasteiger partial charge on any atom is -0.236 e. The van der Waals surface area contributed by atoms with Gasteiger partial charge in [-0.05, 0) is 157 Å². The minimum absolute atomic E-state index is 0.459. The summed E-state index contributed by atoms with van der Waals surface area (Å²) in [7, 11) is 4.32. The average molecular weight is 839 g/mol. The van der Waals surface area contributed by atoms with Gasteiger partial charge in [0.2, 0.25) is 0 Å². The Hall–Kier alpha value is -6.78. The Morgan fingerprint density at radius 3 is 1.17 bits per heavy atom. The first-order valence-corrected chi connectivity index (χ1v) is 22.9. The Labute approximate surface area is 379 Å². The predicted octanol–water partition coefficient (Wildman–Crippen LogP) is 14.6. The van der Waals surface area contributed by atoms with Gasteiger partial charge in [0.25, 0.3) is 11.6 Å². The largest absolute Gasteiger partial charge is 0.287 e. The molecule has 0 radical (unpaired) electrons. The van der Waals surface area contributed by atoms with Crippen LogP contribution in [0.4, 0.5) is 0 Å². The first-order valence-electron chi connectivity index (χ1n) is 22.9. The molecule has 0 fully saturated rings. The summed E-state index contributed by atoms with van der Waals surface area (Å²) in [5, 5.41) is 5.21. The van der Waals surface area contributed by atoms with E-state index >= 15 is 0 Å². The van der Waals surface area contributed by atoms with Crippen LogP contribution in [-0.2, 0) is 14.1 Å². The van der Waals surface area contributed by atoms with Crippen molar-refractivity contribution in [2.45, 2.75) is 81.1 Å². The average Bonchev–Trinajstić information content (AvgIpc) is 3.79. The van der Waals surface area contributed by atoms with Gasteiger partial charge in [-0.25, -0.2) is 9.13 Å². The second-order valence-electron chi connectivity index (χ2n) is 18.7. The second-order valence-corrected chi connectivity index (χ2v) is 18.7. The van der Waals surface area contributed by atoms with Crippen LogP contribution in [0.3, 0.4) is 0 Å². The highest BCUT2D eigenvalue weighted by molar-refractivity contribution is 6.11. The molecule has 320 valence electrons. The minimum atomic E-state index is 0.459. The van der Waals surface area contributed by atoms with Gasteiger partial charge in [0, 0.05) is 33.7 Å². The van der Waals surface area contributed by atoms with Crippen LogP contribution < -0.4 is 9.13 Å². The SMILES string of the molecule is Cc1c[n+](C)c(-n2c3ccccc3c3cccc(C)c32)cc1-c1c(C(C)C)cccc1C(C)C.Cc1c[n+](C)c(-n2c3ccccc3c3cccc(C)c32)cc1-c1c(C)cccc1C. The number of aryl methyl sites for hydroxylation is 8. The number of fused-ring (bicyclic) bond motifs is 6. The van der Waals surface area contributed by atoms with Crippen LogP contribution in [0.2, 0.25) is 0 Å². The molecule has 0 aliphatic carbocycles. The van der Waals surface area contributed by atoms with Crippen molar-refractivity contribution in [2.75, 3.05) is 0 Å². The van der Waals surface area contributed by atoms with Crippen LogP contribution in [0.5, 0.6) is 0 Å². The maximum atomic E-state index is 2.45. The van der Waals surface area contributed by atoms with E-state index in [0.717, 1.165) is 0 Å². The number of benzene rings is 6. The van der Waals surface area contributed by atoms with Crippen molar-refractivity contribution in [2.24, 2.45) is 14.1 Å². The fourth-order valence-corrected chi connectivity index (χ4v) is 10.5. The molecule has 64 heavy (non-hydrogen) atoms. The molecule has 0 spiro atoms. The third-order valence-corrected chi connectivity index (χ3v) is 13.5. The smallest absolute Gasteiger partial charge is 0.236 e. The molecule has 6 aromatic carbocycles. The van der Waals surface area contributed by atoms with Crippen molar-refractivity contribution in [3.63, 3.8) is 0 Å². The zero-order valence-electron chi connectivity index (χ0n) is 39.8. The number of hydrogen-bond acceptors (Lipinski definition) is 0. The van der Waals surface area contributed by atoms with Gasteiger partial charge >= 0.3 is 0 Å². The Bertz CT molecular complexity index is 3380. The van der Waals surface area contributed by atoms with E-state index in [2.05, 4.69) is 247 Å². The van der Waals surface area contributed by atoms with Gasteiger partial charge in [0.1, 0.15) is 22.1 Å². The molecular weight excluding hydrogens is 777 g/mol. The molecule has 10 rings (SSSR count). The molecule has 4 heteroatoms. The van der Waals surface area contributed by atoms with Gasteiger partial charge in [-0.2, -0.15) is 9.13 Å². The van der Waals surface area contributed by atoms with Crippen molar-refractivity contribution >= 4 is 43.6 Å². The summed E-state index contributed by atoms with van der Waals surface area (Å²) in [6.07, 6.45) is 4.56. The highest BCUT2D eigenvalue weighted by atomic mass is 15.1. The highest BCUT2D eigenvalue weighted by Gasteiger charge is 2.27. The molecule has 0 bridgehead atoms. The van der Waals surface area contributed by atoms with E-state index in [4.69, 9.17) is 0 Å². The van der Waals surface area contributed by atoms with E-state index in [1.165, 1.54) is 122 Å². The van der Waals surface area contributed by atoms with E-state index < -0.39 is 0 Å². The van der Waals surface area contributed by atoms with Crippen molar-refractivity contribution < 1.29 is 9.13 Å². The number of aromatic nitrogens is 4. The molecule has 0 atom stereocenters. The van der Waals surface area contributed by atoms with E-state index in [0.29, 0.717) is 11.8 Å². The number of rotatable bonds is 6. The third kappa shape index (κ3) is 7.10. The molecule has 4 aromatic heterocycles. The first kappa shape index (κ1) is 42.5. The molecule has 10 aromatic rings. The maximum Gasteiger partial charge on any atom is 0.287 e. The quantitative estimate of drug-likeness (QED) is 0.149. The van der Waals surface area contributed by atoms with E-state index in [-0.39, 0.29) is 0 Å². The number of nitrogens with zero attached hydrogens (tertiary/aromatic N) is 4. The van der Waals surface area contributed by atoms with Gasteiger partial charge in [-0.3, -0.25) is 0 Å². The highest BCUT2D eigenvalue weighted by Crippen LogP contribution is 2.40. The molecule has 0 saturated carbocycles. The predicted molar refractivity (Wildman–Crippen MR) is 271 cm³/mol. The van der Waals surface area contributed by atoms with Crippen LogP contribution in [0.15, 0.2) is 146 Å². The number of para-hydroxylation sites is 4. The summed E-state index contributed by atoms with van der Waals surface area (Å²) in [4.78, 5) is 0. The summed E-state index contributed by atoms with van der Waals surface area (Å²) in [6, 6.07) is 48.9. The third-order valence-electron chi connectivity index (χ3n) is 13.5. The zero-order chi connectivity index (χ0) is 45.1. The maximum absolute atomic E-state index is 2.45. The molecule has 4 heterocycles. The number of hydrogen-bond donors (Lipinski definition) is 0. The van der Waals surface area contributed by atoms with E-state index in [1.807, 2.05) is 0 Å². The summed E-state index contributed by atoms with van der Waals surface area (Å²) in [5.74, 6) is 3.29. The number of pyridine rings is 2. The van der Waals surface area contributed by atoms with Crippen LogP contribution in [0.25, 0.3) is 77.5 Å². The van der Waals surface area contributed by atoms with Gasteiger partial charge in [0.15, 0.2) is 0 Å². The Balaban J connectivity index is 0.000000163. The molecule has 0 saturated heterocycles. The molecule has 0 amide bonds. The molecule has 0 unspecified atom stereocenters. The first-order chi connectivity index (χ1) is 30.8. The molecule has 4 nitrogen and oxygen atoms in total. The van der Waals surface area contributed by atoms with Crippen LogP contribution in [0, 0.1) is 41.5 Å². The summed E-state index contributed by atoms with van der Waals surface area (Å²) in [6.45, 7) is 22.5. The molecule has 0 aliphatic heterocycles. The Morgan fingerprint density at radius 2 is 0.734 bits per heavy atom. The van der Waals surface area contributed by atoms with Crippen LogP contribution >= 0.6 is 0 Å². The Kier molecular flexibility index (Phi) is 11.1. The van der Waals surface area contributed by atoms with E-state index in [1.54, 1.807) is 0 Å². The standard InChI is InChI=1S/C32H35N2.C28H27N2/c1-20(2)24-14-11-15-25(21(3)4)31(24)28-18-30(33(7)19-23(28)6)34-29-17-9-8-13-26(29)27-16-10-12-22(5)32(27)34;1-18-10-8-11-19(2)27(18)24-16-26(29(5)17-21(24)4)30-25-15-7-6-13-22(25)23-14-9-12-20(3)28(23)30/h8-21H,1-7H3;6-17H,1-5H3/q2*+1. The van der Waals surface area contributed by atoms with Gasteiger partial charge < -0.3 is 0 Å². The lowest BCUT2D eigenvalue weighted by molar-refractivity contribution is -0.665. The van der Waals surface area contributed by atoms with Crippen molar-refractivity contribution in [3.8, 4) is 33.9 Å².